The molecule has 0 atom stereocenters. The van der Waals surface area contributed by atoms with Gasteiger partial charge in [-0.2, -0.15) is 0 Å². The number of carbonyl (C=O) groups excluding carboxylic acids is 2. The maximum atomic E-state index is 13.3. The number of thiophene rings is 1. The van der Waals surface area contributed by atoms with Gasteiger partial charge in [-0.15, -0.1) is 17.9 Å². The molecule has 3 aromatic rings. The average molecular weight is 452 g/mol. The monoisotopic (exact) mass is 451 g/mol. The van der Waals surface area contributed by atoms with Crippen LogP contribution in [0.2, 0.25) is 0 Å². The van der Waals surface area contributed by atoms with Gasteiger partial charge in [0.25, 0.3) is 0 Å². The van der Waals surface area contributed by atoms with Crippen molar-refractivity contribution in [1.29, 1.82) is 0 Å². The number of rotatable bonds is 9. The van der Waals surface area contributed by atoms with E-state index >= 15 is 0 Å². The quantitative estimate of drug-likeness (QED) is 0.440. The van der Waals surface area contributed by atoms with Crippen LogP contribution in [0.4, 0.5) is 14.9 Å². The topological polar surface area (TPSA) is 52.7 Å². The van der Waals surface area contributed by atoms with Gasteiger partial charge in [-0.05, 0) is 47.7 Å². The number of para-hydroxylation sites is 1. The molecule has 3 rings (SSSR count). The van der Waals surface area contributed by atoms with Crippen molar-refractivity contribution in [2.45, 2.75) is 20.0 Å². The second kappa shape index (κ2) is 11.2. The van der Waals surface area contributed by atoms with Gasteiger partial charge in [0.15, 0.2) is 0 Å². The van der Waals surface area contributed by atoms with Crippen LogP contribution >= 0.6 is 11.3 Å². The Morgan fingerprint density at radius 2 is 1.78 bits per heavy atom. The van der Waals surface area contributed by atoms with Gasteiger partial charge < -0.3 is 15.1 Å². The summed E-state index contributed by atoms with van der Waals surface area (Å²) in [6.45, 7) is 6.48. The lowest BCUT2D eigenvalue weighted by Gasteiger charge is -2.27. The fourth-order valence-corrected chi connectivity index (χ4v) is 3.90. The highest BCUT2D eigenvalue weighted by Gasteiger charge is 2.22. The maximum Gasteiger partial charge on any atom is 0.322 e. The Morgan fingerprint density at radius 3 is 2.44 bits per heavy atom. The van der Waals surface area contributed by atoms with Gasteiger partial charge in [0.1, 0.15) is 12.4 Å². The molecule has 1 aromatic heterocycles. The molecule has 32 heavy (non-hydrogen) atoms. The van der Waals surface area contributed by atoms with Crippen LogP contribution in [-0.4, -0.2) is 34.8 Å². The third kappa shape index (κ3) is 6.52. The Kier molecular flexibility index (Phi) is 8.16. The van der Waals surface area contributed by atoms with Crippen LogP contribution in [-0.2, 0) is 17.9 Å². The van der Waals surface area contributed by atoms with Crippen LogP contribution in [0.5, 0.6) is 0 Å². The number of anilines is 1. The highest BCUT2D eigenvalue weighted by molar-refractivity contribution is 7.09. The van der Waals surface area contributed by atoms with Crippen molar-refractivity contribution in [3.05, 3.63) is 101 Å². The van der Waals surface area contributed by atoms with E-state index in [0.717, 1.165) is 16.0 Å². The van der Waals surface area contributed by atoms with Gasteiger partial charge in [-0.25, -0.2) is 9.18 Å². The molecule has 0 fully saturated rings. The SMILES string of the molecule is C=CCN(CC(=O)N(Cc1ccc(F)cc1)Cc1cccs1)C(=O)Nc1ccccc1C. The first-order valence-electron chi connectivity index (χ1n) is 10.2. The molecule has 0 saturated heterocycles. The highest BCUT2D eigenvalue weighted by atomic mass is 32.1. The largest absolute Gasteiger partial charge is 0.332 e. The lowest BCUT2D eigenvalue weighted by Crippen LogP contribution is -2.44. The maximum absolute atomic E-state index is 13.3. The Morgan fingerprint density at radius 1 is 1.03 bits per heavy atom. The first-order chi connectivity index (χ1) is 15.5. The minimum absolute atomic E-state index is 0.101. The molecule has 5 nitrogen and oxygen atoms in total. The van der Waals surface area contributed by atoms with Gasteiger partial charge in [-0.3, -0.25) is 4.79 Å². The molecular formula is C25H26FN3O2S. The standard InChI is InChI=1S/C25H26FN3O2S/c1-3-14-28(25(31)27-23-9-5-4-7-19(23)2)18-24(30)29(17-22-8-6-15-32-22)16-20-10-12-21(26)13-11-20/h3-13,15H,1,14,16-18H2,2H3,(H,27,31). The van der Waals surface area contributed by atoms with Crippen molar-refractivity contribution in [2.24, 2.45) is 0 Å². The molecule has 7 heteroatoms. The summed E-state index contributed by atoms with van der Waals surface area (Å²) in [5, 5.41) is 4.82. The fraction of sp³-hybridized carbons (Fsp3) is 0.200. The molecule has 0 saturated carbocycles. The number of nitrogens with zero attached hydrogens (tertiary/aromatic N) is 2. The van der Waals surface area contributed by atoms with Crippen LogP contribution < -0.4 is 5.32 Å². The molecule has 0 spiro atoms. The van der Waals surface area contributed by atoms with E-state index in [1.807, 2.05) is 48.7 Å². The number of nitrogens with one attached hydrogen (secondary N) is 1. The minimum atomic E-state index is -0.370. The second-order valence-corrected chi connectivity index (χ2v) is 8.40. The van der Waals surface area contributed by atoms with E-state index in [0.29, 0.717) is 18.8 Å². The van der Waals surface area contributed by atoms with E-state index in [-0.39, 0.29) is 30.8 Å². The number of urea groups is 1. The second-order valence-electron chi connectivity index (χ2n) is 7.37. The average Bonchev–Trinajstić information content (AvgIpc) is 3.29. The Hall–Kier alpha value is -3.45. The van der Waals surface area contributed by atoms with E-state index in [1.54, 1.807) is 34.4 Å². The molecule has 0 aliphatic rings. The molecule has 166 valence electrons. The van der Waals surface area contributed by atoms with Crippen molar-refractivity contribution < 1.29 is 14.0 Å². The summed E-state index contributed by atoms with van der Waals surface area (Å²) >= 11 is 1.56. The van der Waals surface area contributed by atoms with Crippen molar-refractivity contribution in [3.8, 4) is 0 Å². The summed E-state index contributed by atoms with van der Waals surface area (Å²) in [6, 6.07) is 17.1. The lowest BCUT2D eigenvalue weighted by atomic mass is 10.2. The first kappa shape index (κ1) is 23.2. The summed E-state index contributed by atoms with van der Waals surface area (Å²) in [6.07, 6.45) is 1.59. The van der Waals surface area contributed by atoms with Gasteiger partial charge in [0.2, 0.25) is 5.91 Å². The predicted molar refractivity (Wildman–Crippen MR) is 127 cm³/mol. The third-order valence-corrected chi connectivity index (χ3v) is 5.78. The molecule has 1 N–H and O–H groups in total. The predicted octanol–water partition coefficient (Wildman–Crippen LogP) is 5.44. The Balaban J connectivity index is 1.74. The summed E-state index contributed by atoms with van der Waals surface area (Å²) in [4.78, 5) is 30.3. The van der Waals surface area contributed by atoms with E-state index in [2.05, 4.69) is 11.9 Å². The number of halogens is 1. The van der Waals surface area contributed by atoms with Crippen LogP contribution in [0.1, 0.15) is 16.0 Å². The highest BCUT2D eigenvalue weighted by Crippen LogP contribution is 2.17. The van der Waals surface area contributed by atoms with E-state index in [1.165, 1.54) is 17.0 Å². The summed E-state index contributed by atoms with van der Waals surface area (Å²) in [7, 11) is 0. The summed E-state index contributed by atoms with van der Waals surface area (Å²) < 4.78 is 13.3. The first-order valence-corrected chi connectivity index (χ1v) is 11.1. The van der Waals surface area contributed by atoms with Gasteiger partial charge in [0, 0.05) is 23.7 Å². The van der Waals surface area contributed by atoms with Gasteiger partial charge >= 0.3 is 6.03 Å². The molecule has 2 aromatic carbocycles. The zero-order chi connectivity index (χ0) is 22.9. The van der Waals surface area contributed by atoms with Crippen molar-refractivity contribution in [2.75, 3.05) is 18.4 Å². The summed E-state index contributed by atoms with van der Waals surface area (Å²) in [5.74, 6) is -0.528. The van der Waals surface area contributed by atoms with Gasteiger partial charge in [0.05, 0.1) is 6.54 Å². The Bertz CT molecular complexity index is 1050. The molecule has 0 radical (unpaired) electrons. The zero-order valence-electron chi connectivity index (χ0n) is 18.0. The molecule has 0 unspecified atom stereocenters. The van der Waals surface area contributed by atoms with E-state index in [4.69, 9.17) is 0 Å². The number of amides is 3. The molecular weight excluding hydrogens is 425 g/mol. The molecule has 0 bridgehead atoms. The number of carbonyl (C=O) groups is 2. The van der Waals surface area contributed by atoms with Crippen molar-refractivity contribution in [1.82, 2.24) is 9.80 Å². The van der Waals surface area contributed by atoms with Crippen molar-refractivity contribution in [3.63, 3.8) is 0 Å². The number of benzene rings is 2. The van der Waals surface area contributed by atoms with E-state index in [9.17, 15) is 14.0 Å². The Labute approximate surface area is 191 Å². The van der Waals surface area contributed by atoms with Crippen LogP contribution in [0, 0.1) is 12.7 Å². The number of hydrogen-bond donors (Lipinski definition) is 1. The van der Waals surface area contributed by atoms with E-state index < -0.39 is 0 Å². The normalized spacial score (nSPS) is 10.4. The smallest absolute Gasteiger partial charge is 0.322 e. The van der Waals surface area contributed by atoms with Crippen LogP contribution in [0.15, 0.2) is 78.7 Å². The van der Waals surface area contributed by atoms with Gasteiger partial charge in [-0.1, -0.05) is 42.5 Å². The lowest BCUT2D eigenvalue weighted by molar-refractivity contribution is -0.132. The number of hydrogen-bond acceptors (Lipinski definition) is 3. The van der Waals surface area contributed by atoms with Crippen LogP contribution in [0.3, 0.4) is 0 Å². The zero-order valence-corrected chi connectivity index (χ0v) is 18.8. The molecule has 0 aliphatic heterocycles. The molecule has 0 aliphatic carbocycles. The van der Waals surface area contributed by atoms with Crippen LogP contribution in [0.25, 0.3) is 0 Å². The molecule has 3 amide bonds. The van der Waals surface area contributed by atoms with Crippen molar-refractivity contribution >= 4 is 29.0 Å². The minimum Gasteiger partial charge on any atom is -0.332 e. The number of aryl methyl sites for hydroxylation is 1. The summed E-state index contributed by atoms with van der Waals surface area (Å²) in [5.41, 5.74) is 2.44. The molecule has 1 heterocycles. The fourth-order valence-electron chi connectivity index (χ4n) is 3.18. The third-order valence-electron chi connectivity index (χ3n) is 4.92.